The van der Waals surface area contributed by atoms with Gasteiger partial charge in [-0.1, -0.05) is 0 Å². The number of hydrogen-bond donors (Lipinski definition) is 1. The monoisotopic (exact) mass is 385 g/mol. The van der Waals surface area contributed by atoms with Gasteiger partial charge in [-0.25, -0.2) is 4.99 Å². The number of hydrogen-bond acceptors (Lipinski definition) is 5. The summed E-state index contributed by atoms with van der Waals surface area (Å²) in [5.41, 5.74) is 5.28. The summed E-state index contributed by atoms with van der Waals surface area (Å²) < 4.78 is 0. The molecule has 0 heterocycles. The molecule has 0 N–H and O–H groups in total. The summed E-state index contributed by atoms with van der Waals surface area (Å²) >= 11 is 4.66. The lowest BCUT2D eigenvalue weighted by molar-refractivity contribution is -0.109. The zero-order chi connectivity index (χ0) is 20.1. The van der Waals surface area contributed by atoms with E-state index in [1.165, 1.54) is 0 Å². The molecule has 27 heavy (non-hydrogen) atoms. The van der Waals surface area contributed by atoms with Gasteiger partial charge in [0.2, 0.25) is 5.78 Å². The van der Waals surface area contributed by atoms with Crippen LogP contribution in [0, 0.1) is 6.92 Å². The third-order valence-corrected chi connectivity index (χ3v) is 5.34. The van der Waals surface area contributed by atoms with E-state index in [-0.39, 0.29) is 5.78 Å². The van der Waals surface area contributed by atoms with Crippen molar-refractivity contribution < 1.29 is 4.79 Å². The lowest BCUT2D eigenvalue weighted by Gasteiger charge is -2.25. The molecular weight excluding hydrogens is 354 g/mol. The molecular formula is C22H31N3OS. The molecule has 0 unspecified atom stereocenters. The molecule has 1 aliphatic carbocycles. The van der Waals surface area contributed by atoms with E-state index in [4.69, 9.17) is 4.99 Å². The fraction of sp³-hybridized carbons (Fsp3) is 0.455. The maximum Gasteiger partial charge on any atom is 0.206 e. The first kappa shape index (κ1) is 21.3. The van der Waals surface area contributed by atoms with E-state index in [9.17, 15) is 4.79 Å². The van der Waals surface area contributed by atoms with Crippen molar-refractivity contribution in [2.45, 2.75) is 46.4 Å². The Morgan fingerprint density at radius 3 is 2.00 bits per heavy atom. The average Bonchev–Trinajstić information content (AvgIpc) is 2.62. The quantitative estimate of drug-likeness (QED) is 0.532. The first-order valence-electron chi connectivity index (χ1n) is 9.72. The van der Waals surface area contributed by atoms with E-state index in [2.05, 4.69) is 56.2 Å². The molecule has 5 heteroatoms. The highest BCUT2D eigenvalue weighted by molar-refractivity contribution is 7.80. The van der Waals surface area contributed by atoms with Crippen molar-refractivity contribution >= 4 is 35.5 Å². The predicted molar refractivity (Wildman–Crippen MR) is 119 cm³/mol. The zero-order valence-corrected chi connectivity index (χ0v) is 18.2. The second kappa shape index (κ2) is 9.27. The van der Waals surface area contributed by atoms with Crippen LogP contribution in [0.15, 0.2) is 45.4 Å². The Hall–Kier alpha value is -2.01. The number of thiol groups is 1. The number of aryl methyl sites for hydroxylation is 1. The largest absolute Gasteiger partial charge is 0.372 e. The molecule has 0 spiro atoms. The average molecular weight is 386 g/mol. The molecule has 146 valence electrons. The number of benzene rings is 1. The second-order valence-electron chi connectivity index (χ2n) is 6.70. The summed E-state index contributed by atoms with van der Waals surface area (Å²) in [5, 5.41) is 0. The van der Waals surface area contributed by atoms with Crippen LogP contribution in [0.25, 0.3) is 0 Å². The van der Waals surface area contributed by atoms with Crippen molar-refractivity contribution in [1.29, 1.82) is 0 Å². The topological polar surface area (TPSA) is 35.9 Å². The van der Waals surface area contributed by atoms with Gasteiger partial charge in [-0.2, -0.15) is 0 Å². The van der Waals surface area contributed by atoms with Gasteiger partial charge >= 0.3 is 0 Å². The molecule has 1 aromatic rings. The smallest absolute Gasteiger partial charge is 0.206 e. The fourth-order valence-electron chi connectivity index (χ4n) is 3.41. The van der Waals surface area contributed by atoms with Gasteiger partial charge in [-0.05, 0) is 70.9 Å². The minimum atomic E-state index is -0.0446. The lowest BCUT2D eigenvalue weighted by atomic mass is 9.99. The Bertz CT molecular complexity index is 777. The van der Waals surface area contributed by atoms with Crippen LogP contribution < -0.4 is 4.90 Å². The van der Waals surface area contributed by atoms with Crippen molar-refractivity contribution in [3.8, 4) is 0 Å². The number of aliphatic imine (C=N–C) groups is 1. The van der Waals surface area contributed by atoms with E-state index in [1.807, 2.05) is 26.0 Å². The molecule has 0 atom stereocenters. The molecule has 0 radical (unpaired) electrons. The SMILES string of the molecule is CCN(CC)C1=CC(=O)/C(=N\c2c(C)cc(N(CC)CC)cc2S)C(C)=C1. The van der Waals surface area contributed by atoms with Crippen molar-refractivity contribution in [3.63, 3.8) is 0 Å². The third-order valence-electron chi connectivity index (χ3n) is 5.00. The summed E-state index contributed by atoms with van der Waals surface area (Å²) in [4.78, 5) is 22.7. The molecule has 1 aromatic carbocycles. The highest BCUT2D eigenvalue weighted by Gasteiger charge is 2.21. The van der Waals surface area contributed by atoms with Crippen molar-refractivity contribution in [2.24, 2.45) is 4.99 Å². The fourth-order valence-corrected chi connectivity index (χ4v) is 3.77. The van der Waals surface area contributed by atoms with Crippen molar-refractivity contribution in [2.75, 3.05) is 31.1 Å². The number of allylic oxidation sites excluding steroid dienone is 3. The van der Waals surface area contributed by atoms with Crippen LogP contribution in [0.4, 0.5) is 11.4 Å². The molecule has 0 amide bonds. The Labute approximate surface area is 169 Å². The van der Waals surface area contributed by atoms with Gasteiger partial charge in [-0.3, -0.25) is 4.79 Å². The lowest BCUT2D eigenvalue weighted by Crippen LogP contribution is -2.27. The van der Waals surface area contributed by atoms with Crippen LogP contribution in [0.5, 0.6) is 0 Å². The molecule has 0 aromatic heterocycles. The number of nitrogens with zero attached hydrogens (tertiary/aromatic N) is 3. The van der Waals surface area contributed by atoms with Gasteiger partial charge in [0.1, 0.15) is 5.71 Å². The van der Waals surface area contributed by atoms with E-state index in [1.54, 1.807) is 6.08 Å². The molecule has 0 saturated carbocycles. The van der Waals surface area contributed by atoms with E-state index < -0.39 is 0 Å². The van der Waals surface area contributed by atoms with Crippen LogP contribution in [-0.4, -0.2) is 42.6 Å². The maximum absolute atomic E-state index is 12.7. The Morgan fingerprint density at radius 1 is 0.926 bits per heavy atom. The molecule has 0 bridgehead atoms. The van der Waals surface area contributed by atoms with Gasteiger partial charge in [0.25, 0.3) is 0 Å². The Morgan fingerprint density at radius 2 is 1.52 bits per heavy atom. The van der Waals surface area contributed by atoms with Gasteiger partial charge in [0.15, 0.2) is 0 Å². The summed E-state index contributed by atoms with van der Waals surface area (Å²) in [7, 11) is 0. The minimum absolute atomic E-state index is 0.0446. The van der Waals surface area contributed by atoms with E-state index in [0.29, 0.717) is 5.71 Å². The second-order valence-corrected chi connectivity index (χ2v) is 7.18. The highest BCUT2D eigenvalue weighted by atomic mass is 32.1. The molecule has 0 fully saturated rings. The number of carbonyl (C=O) groups is 1. The summed E-state index contributed by atoms with van der Waals surface area (Å²) in [6.07, 6.45) is 3.74. The number of rotatable bonds is 7. The van der Waals surface area contributed by atoms with Crippen molar-refractivity contribution in [3.05, 3.63) is 41.1 Å². The van der Waals surface area contributed by atoms with Gasteiger partial charge in [0.05, 0.1) is 5.69 Å². The van der Waals surface area contributed by atoms with Gasteiger partial charge in [-0.15, -0.1) is 12.6 Å². The molecule has 1 aliphatic rings. The van der Waals surface area contributed by atoms with Crippen LogP contribution in [0.3, 0.4) is 0 Å². The van der Waals surface area contributed by atoms with Crippen LogP contribution >= 0.6 is 12.6 Å². The molecule has 0 saturated heterocycles. The first-order valence-corrected chi connectivity index (χ1v) is 10.2. The summed E-state index contributed by atoms with van der Waals surface area (Å²) in [6.45, 7) is 16.1. The van der Waals surface area contributed by atoms with Crippen molar-refractivity contribution in [1.82, 2.24) is 4.90 Å². The van der Waals surface area contributed by atoms with Gasteiger partial charge in [0, 0.05) is 48.5 Å². The van der Waals surface area contributed by atoms with E-state index in [0.717, 1.165) is 59.3 Å². The summed E-state index contributed by atoms with van der Waals surface area (Å²) in [6, 6.07) is 4.15. The van der Waals surface area contributed by atoms with E-state index >= 15 is 0 Å². The Kier molecular flexibility index (Phi) is 7.31. The number of carbonyl (C=O) groups excluding carboxylic acids is 1. The standard InChI is InChI=1S/C22H31N3OS/c1-7-24(8-2)17-11-15(5)21(19(26)13-17)23-22-16(6)12-18(14-20(22)27)25(9-3)10-4/h11-14,27H,7-10H2,1-6H3/b23-21-. The number of ketones is 1. The normalized spacial score (nSPS) is 15.7. The molecule has 0 aliphatic heterocycles. The number of anilines is 1. The molecule has 4 nitrogen and oxygen atoms in total. The van der Waals surface area contributed by atoms with Crippen LogP contribution in [-0.2, 0) is 4.79 Å². The number of likely N-dealkylation sites (N-methyl/N-ethyl adjacent to an activating group) is 1. The van der Waals surface area contributed by atoms with Crippen LogP contribution in [0.2, 0.25) is 0 Å². The van der Waals surface area contributed by atoms with Crippen LogP contribution in [0.1, 0.15) is 40.2 Å². The third kappa shape index (κ3) is 4.64. The first-order chi connectivity index (χ1) is 12.9. The highest BCUT2D eigenvalue weighted by Crippen LogP contribution is 2.33. The maximum atomic E-state index is 12.7. The summed E-state index contributed by atoms with van der Waals surface area (Å²) in [5.74, 6) is -0.0446. The minimum Gasteiger partial charge on any atom is -0.372 e. The molecule has 2 rings (SSSR count). The zero-order valence-electron chi connectivity index (χ0n) is 17.3. The predicted octanol–water partition coefficient (Wildman–Crippen LogP) is 4.96. The van der Waals surface area contributed by atoms with Gasteiger partial charge < -0.3 is 9.80 Å². The Balaban J connectivity index is 2.42.